The minimum atomic E-state index is -5.08. The van der Waals surface area contributed by atoms with Gasteiger partial charge in [0.25, 0.3) is 0 Å². The minimum absolute atomic E-state index is 0.318. The van der Waals surface area contributed by atoms with Gasteiger partial charge in [-0.05, 0) is 43.6 Å². The van der Waals surface area contributed by atoms with E-state index in [4.69, 9.17) is 14.6 Å². The van der Waals surface area contributed by atoms with Gasteiger partial charge >= 0.3 is 12.1 Å². The van der Waals surface area contributed by atoms with Crippen molar-refractivity contribution in [3.63, 3.8) is 0 Å². The number of aromatic nitrogens is 2. The molecule has 0 unspecified atom stereocenters. The highest BCUT2D eigenvalue weighted by Crippen LogP contribution is 2.34. The minimum Gasteiger partial charge on any atom is -0.475 e. The van der Waals surface area contributed by atoms with Gasteiger partial charge in [-0.1, -0.05) is 6.92 Å². The van der Waals surface area contributed by atoms with Crippen LogP contribution < -0.4 is 4.90 Å². The standard InChI is InChI=1S/C19H28N4O2.C2HF3O2/c1-2-14-11-20-19(21-12-14)22-8-5-17-16(22)3-4-18(24)23(17)13-15-6-9-25-10-7-15;3-2(4,5)1(6)7/h11-12,15-17H,2-10,13H2,1H3;(H,6,7)/t16-,17-;/m0./s1. The first kappa shape index (κ1) is 24.2. The number of alkyl halides is 3. The molecule has 0 aliphatic carbocycles. The summed E-state index contributed by atoms with van der Waals surface area (Å²) in [5.41, 5.74) is 1.17. The third-order valence-electron chi connectivity index (χ3n) is 6.28. The first-order valence-corrected chi connectivity index (χ1v) is 11.0. The predicted molar refractivity (Wildman–Crippen MR) is 109 cm³/mol. The van der Waals surface area contributed by atoms with Crippen LogP contribution in [0.5, 0.6) is 0 Å². The van der Waals surface area contributed by atoms with Gasteiger partial charge in [0, 0.05) is 45.1 Å². The lowest BCUT2D eigenvalue weighted by Crippen LogP contribution is -2.54. The topological polar surface area (TPSA) is 95.9 Å². The number of anilines is 1. The number of amides is 1. The summed E-state index contributed by atoms with van der Waals surface area (Å²) in [5, 5.41) is 7.12. The van der Waals surface area contributed by atoms with Crippen LogP contribution in [0, 0.1) is 5.92 Å². The van der Waals surface area contributed by atoms with Crippen molar-refractivity contribution in [1.82, 2.24) is 14.9 Å². The van der Waals surface area contributed by atoms with Crippen LogP contribution in [0.15, 0.2) is 12.4 Å². The normalized spacial score (nSPS) is 24.1. The Balaban J connectivity index is 0.000000360. The fourth-order valence-corrected chi connectivity index (χ4v) is 4.52. The molecule has 0 spiro atoms. The van der Waals surface area contributed by atoms with E-state index in [9.17, 15) is 18.0 Å². The molecule has 8 nitrogen and oxygen atoms in total. The number of carbonyl (C=O) groups excluding carboxylic acids is 1. The molecule has 1 aromatic heterocycles. The summed E-state index contributed by atoms with van der Waals surface area (Å²) >= 11 is 0. The van der Waals surface area contributed by atoms with Gasteiger partial charge in [0.1, 0.15) is 0 Å². The second-order valence-corrected chi connectivity index (χ2v) is 8.31. The van der Waals surface area contributed by atoms with Crippen LogP contribution in [0.3, 0.4) is 0 Å². The molecule has 3 aliphatic heterocycles. The van der Waals surface area contributed by atoms with Gasteiger partial charge in [0.2, 0.25) is 11.9 Å². The van der Waals surface area contributed by atoms with Crippen molar-refractivity contribution in [2.75, 3.05) is 31.2 Å². The molecule has 1 N–H and O–H groups in total. The monoisotopic (exact) mass is 458 g/mol. The van der Waals surface area contributed by atoms with Crippen molar-refractivity contribution in [2.24, 2.45) is 5.92 Å². The van der Waals surface area contributed by atoms with Gasteiger partial charge < -0.3 is 19.6 Å². The average molecular weight is 458 g/mol. The zero-order valence-electron chi connectivity index (χ0n) is 18.1. The van der Waals surface area contributed by atoms with Crippen molar-refractivity contribution in [2.45, 2.75) is 63.7 Å². The van der Waals surface area contributed by atoms with Crippen LogP contribution >= 0.6 is 0 Å². The molecule has 1 amide bonds. The van der Waals surface area contributed by atoms with Crippen LogP contribution in [0.1, 0.15) is 44.6 Å². The van der Waals surface area contributed by atoms with E-state index in [1.165, 1.54) is 5.56 Å². The van der Waals surface area contributed by atoms with Crippen molar-refractivity contribution in [1.29, 1.82) is 0 Å². The van der Waals surface area contributed by atoms with E-state index < -0.39 is 12.1 Å². The van der Waals surface area contributed by atoms with Crippen molar-refractivity contribution < 1.29 is 32.6 Å². The fourth-order valence-electron chi connectivity index (χ4n) is 4.52. The second-order valence-electron chi connectivity index (χ2n) is 8.31. The number of ether oxygens (including phenoxy) is 1. The number of rotatable bonds is 4. The maximum Gasteiger partial charge on any atom is 0.490 e. The number of nitrogens with zero attached hydrogens (tertiary/aromatic N) is 4. The Morgan fingerprint density at radius 2 is 1.78 bits per heavy atom. The van der Waals surface area contributed by atoms with E-state index in [0.29, 0.717) is 30.3 Å². The molecule has 2 atom stereocenters. The highest BCUT2D eigenvalue weighted by Gasteiger charge is 2.44. The Hall–Kier alpha value is -2.43. The number of carboxylic acid groups (broad SMARTS) is 1. The van der Waals surface area contributed by atoms with Crippen LogP contribution in [-0.2, 0) is 20.7 Å². The summed E-state index contributed by atoms with van der Waals surface area (Å²) in [7, 11) is 0. The summed E-state index contributed by atoms with van der Waals surface area (Å²) in [5.74, 6) is -1.01. The first-order chi connectivity index (χ1) is 15.2. The molecule has 11 heteroatoms. The van der Waals surface area contributed by atoms with E-state index in [-0.39, 0.29) is 0 Å². The largest absolute Gasteiger partial charge is 0.490 e. The number of hydrogen-bond acceptors (Lipinski definition) is 6. The maximum atomic E-state index is 12.6. The molecule has 0 aromatic carbocycles. The van der Waals surface area contributed by atoms with Crippen LogP contribution in [0.4, 0.5) is 19.1 Å². The number of carbonyl (C=O) groups is 2. The van der Waals surface area contributed by atoms with Gasteiger partial charge in [-0.2, -0.15) is 13.2 Å². The Labute approximate surface area is 184 Å². The van der Waals surface area contributed by atoms with E-state index in [1.807, 2.05) is 12.4 Å². The lowest BCUT2D eigenvalue weighted by atomic mass is 9.92. The van der Waals surface area contributed by atoms with Crippen molar-refractivity contribution in [3.8, 4) is 0 Å². The zero-order valence-corrected chi connectivity index (χ0v) is 18.1. The predicted octanol–water partition coefficient (Wildman–Crippen LogP) is 2.67. The number of likely N-dealkylation sites (tertiary alicyclic amines) is 1. The number of halogens is 3. The SMILES string of the molecule is CCc1cnc(N2CC[C@H]3[C@@H]2CCC(=O)N3CC2CCOCC2)nc1.O=C(O)C(F)(F)F. The third-order valence-corrected chi connectivity index (χ3v) is 6.28. The molecule has 3 aliphatic rings. The van der Waals surface area contributed by atoms with Crippen molar-refractivity contribution in [3.05, 3.63) is 18.0 Å². The Bertz CT molecular complexity index is 784. The molecule has 0 bridgehead atoms. The van der Waals surface area contributed by atoms with Crippen LogP contribution in [0.2, 0.25) is 0 Å². The van der Waals surface area contributed by atoms with Gasteiger partial charge in [-0.3, -0.25) is 4.79 Å². The number of carboxylic acids is 1. The molecule has 0 radical (unpaired) electrons. The number of piperidine rings is 1. The lowest BCUT2D eigenvalue weighted by Gasteiger charge is -2.41. The zero-order chi connectivity index (χ0) is 23.3. The van der Waals surface area contributed by atoms with Gasteiger partial charge in [0.15, 0.2) is 0 Å². The van der Waals surface area contributed by atoms with E-state index in [1.54, 1.807) is 0 Å². The fraction of sp³-hybridized carbons (Fsp3) is 0.714. The smallest absolute Gasteiger partial charge is 0.475 e. The van der Waals surface area contributed by atoms with Crippen LogP contribution in [-0.4, -0.2) is 76.4 Å². The number of aliphatic carboxylic acids is 1. The highest BCUT2D eigenvalue weighted by atomic mass is 19.4. The summed E-state index contributed by atoms with van der Waals surface area (Å²) in [6, 6.07) is 0.684. The molecular weight excluding hydrogens is 429 g/mol. The van der Waals surface area contributed by atoms with Crippen LogP contribution in [0.25, 0.3) is 0 Å². The molecule has 1 aromatic rings. The Morgan fingerprint density at radius 3 is 2.34 bits per heavy atom. The van der Waals surface area contributed by atoms with E-state index >= 15 is 0 Å². The number of fused-ring (bicyclic) bond motifs is 1. The summed E-state index contributed by atoms with van der Waals surface area (Å²) in [6.07, 6.45) is 4.49. The third kappa shape index (κ3) is 5.87. The Morgan fingerprint density at radius 1 is 1.16 bits per heavy atom. The summed E-state index contributed by atoms with van der Waals surface area (Å²) < 4.78 is 37.2. The molecule has 3 saturated heterocycles. The lowest BCUT2D eigenvalue weighted by molar-refractivity contribution is -0.192. The van der Waals surface area contributed by atoms with E-state index in [2.05, 4.69) is 26.7 Å². The van der Waals surface area contributed by atoms with Gasteiger partial charge in [-0.15, -0.1) is 0 Å². The molecule has 4 heterocycles. The highest BCUT2D eigenvalue weighted by molar-refractivity contribution is 5.78. The number of aryl methyl sites for hydroxylation is 1. The molecule has 178 valence electrons. The molecule has 3 fully saturated rings. The quantitative estimate of drug-likeness (QED) is 0.741. The first-order valence-electron chi connectivity index (χ1n) is 11.0. The second kappa shape index (κ2) is 10.5. The molecule has 4 rings (SSSR count). The number of hydrogen-bond donors (Lipinski definition) is 1. The van der Waals surface area contributed by atoms with Gasteiger partial charge in [0.05, 0.1) is 12.1 Å². The molecule has 32 heavy (non-hydrogen) atoms. The molecule has 0 saturated carbocycles. The average Bonchev–Trinajstić information content (AvgIpc) is 3.20. The molecular formula is C21H29F3N4O4. The van der Waals surface area contributed by atoms with Gasteiger partial charge in [-0.25, -0.2) is 14.8 Å². The van der Waals surface area contributed by atoms with Crippen molar-refractivity contribution >= 4 is 17.8 Å². The summed E-state index contributed by atoms with van der Waals surface area (Å²) in [6.45, 7) is 5.63. The summed E-state index contributed by atoms with van der Waals surface area (Å²) in [4.78, 5) is 35.1. The van der Waals surface area contributed by atoms with E-state index in [0.717, 1.165) is 64.4 Å². The Kier molecular flexibility index (Phi) is 7.91. The maximum absolute atomic E-state index is 12.6.